The van der Waals surface area contributed by atoms with Crippen LogP contribution in [0.3, 0.4) is 0 Å². The number of aromatic nitrogens is 2. The minimum Gasteiger partial charge on any atom is -0.339 e. The van der Waals surface area contributed by atoms with E-state index in [1.807, 2.05) is 13.8 Å². The van der Waals surface area contributed by atoms with Gasteiger partial charge in [0, 0.05) is 12.5 Å². The van der Waals surface area contributed by atoms with E-state index in [1.54, 1.807) is 0 Å². The molecule has 1 aliphatic carbocycles. The first-order valence-electron chi connectivity index (χ1n) is 6.57. The predicted octanol–water partition coefficient (Wildman–Crippen LogP) is 2.60. The molecule has 4 nitrogen and oxygen atoms in total. The molecule has 0 spiro atoms. The van der Waals surface area contributed by atoms with E-state index < -0.39 is 0 Å². The van der Waals surface area contributed by atoms with Crippen LogP contribution in [0.25, 0.3) is 0 Å². The maximum atomic E-state index is 5.72. The van der Waals surface area contributed by atoms with Gasteiger partial charge in [-0.15, -0.1) is 0 Å². The molecule has 0 amide bonds. The zero-order chi connectivity index (χ0) is 12.5. The number of rotatable bonds is 3. The Balaban J connectivity index is 2.08. The van der Waals surface area contributed by atoms with Crippen molar-refractivity contribution in [2.75, 3.05) is 6.54 Å². The van der Waals surface area contributed by atoms with Crippen LogP contribution in [0, 0.1) is 5.92 Å². The first-order chi connectivity index (χ1) is 8.03. The van der Waals surface area contributed by atoms with Crippen molar-refractivity contribution in [1.29, 1.82) is 0 Å². The molecule has 1 heterocycles. The third-order valence-corrected chi connectivity index (χ3v) is 3.91. The lowest BCUT2D eigenvalue weighted by atomic mass is 9.82. The summed E-state index contributed by atoms with van der Waals surface area (Å²) in [7, 11) is 0. The Morgan fingerprint density at radius 3 is 2.53 bits per heavy atom. The van der Waals surface area contributed by atoms with Gasteiger partial charge >= 0.3 is 0 Å². The van der Waals surface area contributed by atoms with Crippen molar-refractivity contribution < 1.29 is 4.52 Å². The molecular weight excluding hydrogens is 214 g/mol. The lowest BCUT2D eigenvalue weighted by molar-refractivity contribution is 0.299. The molecule has 17 heavy (non-hydrogen) atoms. The molecule has 2 N–H and O–H groups in total. The van der Waals surface area contributed by atoms with Gasteiger partial charge in [-0.3, -0.25) is 0 Å². The fraction of sp³-hybridized carbons (Fsp3) is 0.846. The first kappa shape index (κ1) is 12.6. The van der Waals surface area contributed by atoms with Crippen molar-refractivity contribution in [1.82, 2.24) is 10.1 Å². The Kier molecular flexibility index (Phi) is 3.52. The van der Waals surface area contributed by atoms with Gasteiger partial charge in [-0.05, 0) is 32.6 Å². The van der Waals surface area contributed by atoms with Crippen LogP contribution in [-0.2, 0) is 5.41 Å². The molecule has 1 fully saturated rings. The van der Waals surface area contributed by atoms with Gasteiger partial charge < -0.3 is 10.3 Å². The highest BCUT2D eigenvalue weighted by molar-refractivity contribution is 5.05. The monoisotopic (exact) mass is 237 g/mol. The van der Waals surface area contributed by atoms with Crippen molar-refractivity contribution in [2.24, 2.45) is 11.7 Å². The van der Waals surface area contributed by atoms with Crippen LogP contribution in [-0.4, -0.2) is 16.7 Å². The molecule has 1 aromatic heterocycles. The summed E-state index contributed by atoms with van der Waals surface area (Å²) in [6.45, 7) is 6.91. The van der Waals surface area contributed by atoms with Gasteiger partial charge in [-0.1, -0.05) is 24.9 Å². The van der Waals surface area contributed by atoms with Crippen molar-refractivity contribution in [3.63, 3.8) is 0 Å². The Morgan fingerprint density at radius 2 is 1.94 bits per heavy atom. The molecule has 1 aliphatic rings. The quantitative estimate of drug-likeness (QED) is 0.877. The highest BCUT2D eigenvalue weighted by Gasteiger charge is 2.29. The molecule has 0 aliphatic heterocycles. The van der Waals surface area contributed by atoms with E-state index in [2.05, 4.69) is 17.1 Å². The second kappa shape index (κ2) is 4.77. The van der Waals surface area contributed by atoms with Gasteiger partial charge in [0.25, 0.3) is 0 Å². The number of nitrogens with two attached hydrogens (primary N) is 1. The first-order valence-corrected chi connectivity index (χ1v) is 6.57. The minimum atomic E-state index is -0.215. The SMILES string of the molecule is CC1CCC(c2noc(C(C)(C)CN)n2)CC1. The number of hydrogen-bond donors (Lipinski definition) is 1. The second-order valence-electron chi connectivity index (χ2n) is 6.00. The molecule has 0 radical (unpaired) electrons. The fourth-order valence-electron chi connectivity index (χ4n) is 2.28. The molecule has 0 unspecified atom stereocenters. The van der Waals surface area contributed by atoms with E-state index in [1.165, 1.54) is 25.7 Å². The van der Waals surface area contributed by atoms with Gasteiger partial charge in [0.15, 0.2) is 5.82 Å². The van der Waals surface area contributed by atoms with Crippen molar-refractivity contribution >= 4 is 0 Å². The van der Waals surface area contributed by atoms with Gasteiger partial charge in [-0.2, -0.15) is 4.98 Å². The maximum Gasteiger partial charge on any atom is 0.233 e. The van der Waals surface area contributed by atoms with Crippen LogP contribution in [0.5, 0.6) is 0 Å². The van der Waals surface area contributed by atoms with E-state index >= 15 is 0 Å². The summed E-state index contributed by atoms with van der Waals surface area (Å²) in [5.74, 6) is 2.89. The molecule has 4 heteroatoms. The number of hydrogen-bond acceptors (Lipinski definition) is 4. The van der Waals surface area contributed by atoms with Crippen LogP contribution in [0.4, 0.5) is 0 Å². The van der Waals surface area contributed by atoms with E-state index in [4.69, 9.17) is 10.3 Å². The number of nitrogens with zero attached hydrogens (tertiary/aromatic N) is 2. The zero-order valence-electron chi connectivity index (χ0n) is 11.1. The third kappa shape index (κ3) is 2.68. The standard InChI is InChI=1S/C13H23N3O/c1-9-4-6-10(7-5-9)11-15-12(17-16-11)13(2,3)8-14/h9-10H,4-8,14H2,1-3H3. The Morgan fingerprint density at radius 1 is 1.29 bits per heavy atom. The third-order valence-electron chi connectivity index (χ3n) is 3.91. The van der Waals surface area contributed by atoms with Crippen molar-refractivity contribution in [3.8, 4) is 0 Å². The molecule has 0 aromatic carbocycles. The van der Waals surface area contributed by atoms with Gasteiger partial charge in [-0.25, -0.2) is 0 Å². The minimum absolute atomic E-state index is 0.215. The Bertz CT molecular complexity index is 364. The van der Waals surface area contributed by atoms with Crippen LogP contribution >= 0.6 is 0 Å². The summed E-state index contributed by atoms with van der Waals surface area (Å²) in [6, 6.07) is 0. The van der Waals surface area contributed by atoms with Crippen LogP contribution in [0.2, 0.25) is 0 Å². The molecular formula is C13H23N3O. The summed E-state index contributed by atoms with van der Waals surface area (Å²) < 4.78 is 5.36. The average Bonchev–Trinajstić information content (AvgIpc) is 2.80. The smallest absolute Gasteiger partial charge is 0.233 e. The lowest BCUT2D eigenvalue weighted by Crippen LogP contribution is -2.28. The summed E-state index contributed by atoms with van der Waals surface area (Å²) in [5, 5.41) is 4.14. The Labute approximate surface area is 103 Å². The molecule has 1 saturated carbocycles. The fourth-order valence-corrected chi connectivity index (χ4v) is 2.28. The molecule has 0 saturated heterocycles. The summed E-state index contributed by atoms with van der Waals surface area (Å²) in [6.07, 6.45) is 4.91. The largest absolute Gasteiger partial charge is 0.339 e. The summed E-state index contributed by atoms with van der Waals surface area (Å²) >= 11 is 0. The van der Waals surface area contributed by atoms with E-state index in [0.29, 0.717) is 18.4 Å². The summed E-state index contributed by atoms with van der Waals surface area (Å²) in [5.41, 5.74) is 5.50. The van der Waals surface area contributed by atoms with Crippen LogP contribution in [0.15, 0.2) is 4.52 Å². The average molecular weight is 237 g/mol. The van der Waals surface area contributed by atoms with Gasteiger partial charge in [0.1, 0.15) is 0 Å². The maximum absolute atomic E-state index is 5.72. The topological polar surface area (TPSA) is 64.9 Å². The molecule has 0 bridgehead atoms. The molecule has 0 atom stereocenters. The van der Waals surface area contributed by atoms with Crippen LogP contribution < -0.4 is 5.73 Å². The highest BCUT2D eigenvalue weighted by atomic mass is 16.5. The Hall–Kier alpha value is -0.900. The predicted molar refractivity (Wildman–Crippen MR) is 66.8 cm³/mol. The molecule has 96 valence electrons. The normalized spacial score (nSPS) is 26.1. The van der Waals surface area contributed by atoms with E-state index in [0.717, 1.165) is 11.7 Å². The molecule has 1 aromatic rings. The van der Waals surface area contributed by atoms with Crippen molar-refractivity contribution in [3.05, 3.63) is 11.7 Å². The second-order valence-corrected chi connectivity index (χ2v) is 6.00. The van der Waals surface area contributed by atoms with Gasteiger partial charge in [0.05, 0.1) is 5.41 Å². The lowest BCUT2D eigenvalue weighted by Gasteiger charge is -2.23. The molecule has 2 rings (SSSR count). The van der Waals surface area contributed by atoms with Crippen LogP contribution in [0.1, 0.15) is 64.1 Å². The van der Waals surface area contributed by atoms with Gasteiger partial charge in [0.2, 0.25) is 5.89 Å². The zero-order valence-corrected chi connectivity index (χ0v) is 11.1. The van der Waals surface area contributed by atoms with E-state index in [-0.39, 0.29) is 5.41 Å². The summed E-state index contributed by atoms with van der Waals surface area (Å²) in [4.78, 5) is 4.54. The highest BCUT2D eigenvalue weighted by Crippen LogP contribution is 2.34. The van der Waals surface area contributed by atoms with Crippen molar-refractivity contribution in [2.45, 2.75) is 57.8 Å². The van der Waals surface area contributed by atoms with E-state index in [9.17, 15) is 0 Å².